The highest BCUT2D eigenvalue weighted by Crippen LogP contribution is 2.69. The minimum atomic E-state index is -1.02. The Morgan fingerprint density at radius 2 is 2.06 bits per heavy atom. The van der Waals surface area contributed by atoms with E-state index in [2.05, 4.69) is 14.9 Å². The number of ether oxygens (including phenoxy) is 1. The highest BCUT2D eigenvalue weighted by atomic mass is 16.5. The maximum absolute atomic E-state index is 12.6. The fraction of sp³-hybridized carbons (Fsp3) is 0.500. The van der Waals surface area contributed by atoms with E-state index < -0.39 is 17.1 Å². The first-order valence-corrected chi connectivity index (χ1v) is 11.3. The van der Waals surface area contributed by atoms with Crippen LogP contribution in [-0.2, 0) is 18.3 Å². The van der Waals surface area contributed by atoms with Crippen LogP contribution >= 0.6 is 0 Å². The zero-order valence-electron chi connectivity index (χ0n) is 17.0. The number of furan rings is 1. The Labute approximate surface area is 178 Å². The lowest BCUT2D eigenvalue weighted by Crippen LogP contribution is -2.74. The molecule has 2 fully saturated rings. The van der Waals surface area contributed by atoms with Crippen LogP contribution < -0.4 is 4.74 Å². The number of phenolic OH excluding ortho intramolecular Hbond substituents is 1. The Morgan fingerprint density at radius 1 is 1.19 bits per heavy atom. The second kappa shape index (κ2) is 5.22. The topological polar surface area (TPSA) is 91.8 Å². The maximum atomic E-state index is 12.6. The van der Waals surface area contributed by atoms with Gasteiger partial charge in [0, 0.05) is 42.5 Å². The van der Waals surface area contributed by atoms with E-state index in [0.717, 1.165) is 43.0 Å². The lowest BCUT2D eigenvalue weighted by molar-refractivity contribution is -0.175. The number of benzene rings is 1. The molecule has 1 unspecified atom stereocenters. The molecular formula is C24H23N3O4. The number of phenols is 1. The number of nitrogens with zero attached hydrogens (tertiary/aromatic N) is 3. The summed E-state index contributed by atoms with van der Waals surface area (Å²) >= 11 is 0. The molecule has 7 nitrogen and oxygen atoms in total. The molecule has 0 radical (unpaired) electrons. The Morgan fingerprint density at radius 3 is 2.94 bits per heavy atom. The first-order chi connectivity index (χ1) is 15.1. The average molecular weight is 417 g/mol. The summed E-state index contributed by atoms with van der Waals surface area (Å²) in [6.07, 6.45) is 7.40. The van der Waals surface area contributed by atoms with Gasteiger partial charge in [-0.1, -0.05) is 6.07 Å². The number of hydrogen-bond acceptors (Lipinski definition) is 7. The summed E-state index contributed by atoms with van der Waals surface area (Å²) in [5.74, 6) is 2.12. The first kappa shape index (κ1) is 17.0. The van der Waals surface area contributed by atoms with Gasteiger partial charge in [-0.05, 0) is 49.8 Å². The van der Waals surface area contributed by atoms with Crippen molar-refractivity contribution < 1.29 is 19.4 Å². The highest BCUT2D eigenvalue weighted by Gasteiger charge is 2.73. The minimum Gasteiger partial charge on any atom is -0.504 e. The molecule has 8 rings (SSSR count). The number of fused-ring (bicyclic) bond motifs is 4. The van der Waals surface area contributed by atoms with E-state index in [-0.39, 0.29) is 11.8 Å². The van der Waals surface area contributed by atoms with E-state index in [4.69, 9.17) is 9.15 Å². The fourth-order valence-corrected chi connectivity index (χ4v) is 7.18. The molecular weight excluding hydrogens is 394 g/mol. The number of aliphatic hydroxyl groups is 1. The number of piperidine rings is 1. The number of hydrogen-bond donors (Lipinski definition) is 2. The van der Waals surface area contributed by atoms with E-state index in [9.17, 15) is 10.2 Å². The second-order valence-electron chi connectivity index (χ2n) is 10.1. The van der Waals surface area contributed by atoms with Crippen molar-refractivity contribution in [3.05, 3.63) is 47.0 Å². The number of aromatic nitrogens is 2. The van der Waals surface area contributed by atoms with Crippen LogP contribution in [0.3, 0.4) is 0 Å². The van der Waals surface area contributed by atoms with Crippen molar-refractivity contribution in [1.82, 2.24) is 14.9 Å². The van der Waals surface area contributed by atoms with Crippen LogP contribution in [0.4, 0.5) is 0 Å². The van der Waals surface area contributed by atoms with Gasteiger partial charge in [0.2, 0.25) is 5.71 Å². The van der Waals surface area contributed by atoms with Crippen LogP contribution in [0.25, 0.3) is 11.2 Å². The summed E-state index contributed by atoms with van der Waals surface area (Å²) in [5, 5.41) is 23.3. The van der Waals surface area contributed by atoms with Gasteiger partial charge < -0.3 is 19.4 Å². The molecule has 1 saturated carbocycles. The molecule has 2 aromatic heterocycles. The van der Waals surface area contributed by atoms with Crippen LogP contribution in [0.5, 0.6) is 11.5 Å². The molecule has 1 spiro atoms. The summed E-state index contributed by atoms with van der Waals surface area (Å²) < 4.78 is 12.7. The van der Waals surface area contributed by atoms with E-state index in [0.29, 0.717) is 29.2 Å². The Kier molecular flexibility index (Phi) is 2.86. The van der Waals surface area contributed by atoms with Gasteiger partial charge in [0.15, 0.2) is 23.4 Å². The standard InChI is InChI=1S/C24H23N3O4/c28-15-4-3-13-9-16-24(29)10-14-18-22(26-7-6-25-18)31-19(14)21-23(24,17(13)20(15)30-21)5-8-27(16)11-12-1-2-12/h3-4,6-7,12,16,21,28-29H,1-2,5,8-11H2/t16?,21-,23-,24+/m0/s1. The van der Waals surface area contributed by atoms with E-state index in [1.807, 2.05) is 6.07 Å². The van der Waals surface area contributed by atoms with Gasteiger partial charge >= 0.3 is 0 Å². The first-order valence-electron chi connectivity index (χ1n) is 11.3. The third-order valence-corrected chi connectivity index (χ3v) is 8.65. The van der Waals surface area contributed by atoms with Gasteiger partial charge in [-0.3, -0.25) is 4.90 Å². The van der Waals surface area contributed by atoms with Crippen LogP contribution in [0, 0.1) is 5.92 Å². The van der Waals surface area contributed by atoms with E-state index >= 15 is 0 Å². The predicted molar refractivity (Wildman–Crippen MR) is 110 cm³/mol. The molecule has 1 aromatic carbocycles. The molecule has 158 valence electrons. The van der Waals surface area contributed by atoms with Gasteiger partial charge in [0.1, 0.15) is 5.52 Å². The second-order valence-corrected chi connectivity index (χ2v) is 10.1. The van der Waals surface area contributed by atoms with Crippen molar-refractivity contribution in [1.29, 1.82) is 0 Å². The highest BCUT2D eigenvalue weighted by molar-refractivity contribution is 5.77. The van der Waals surface area contributed by atoms with Crippen LogP contribution in [0.15, 0.2) is 28.9 Å². The third kappa shape index (κ3) is 1.82. The zero-order valence-corrected chi connectivity index (χ0v) is 17.0. The van der Waals surface area contributed by atoms with Crippen molar-refractivity contribution in [2.75, 3.05) is 13.1 Å². The monoisotopic (exact) mass is 417 g/mol. The van der Waals surface area contributed by atoms with E-state index in [1.54, 1.807) is 18.5 Å². The quantitative estimate of drug-likeness (QED) is 0.662. The summed E-state index contributed by atoms with van der Waals surface area (Å²) in [7, 11) is 0. The molecule has 5 aliphatic rings. The summed E-state index contributed by atoms with van der Waals surface area (Å²) in [6, 6.07) is 3.76. The van der Waals surface area contributed by atoms with Gasteiger partial charge in [-0.2, -0.15) is 0 Å². The predicted octanol–water partition coefficient (Wildman–Crippen LogP) is 2.63. The molecule has 2 bridgehead atoms. The van der Waals surface area contributed by atoms with Gasteiger partial charge in [0.25, 0.3) is 0 Å². The van der Waals surface area contributed by atoms with Gasteiger partial charge in [-0.15, -0.1) is 0 Å². The van der Waals surface area contributed by atoms with Crippen molar-refractivity contribution in [2.24, 2.45) is 5.92 Å². The Balaban J connectivity index is 1.43. The molecule has 0 amide bonds. The zero-order chi connectivity index (χ0) is 20.5. The lowest BCUT2D eigenvalue weighted by Gasteiger charge is -2.62. The molecule has 4 atom stereocenters. The molecule has 31 heavy (non-hydrogen) atoms. The number of likely N-dealkylation sites (tertiary alicyclic amines) is 1. The molecule has 7 heteroatoms. The van der Waals surface area contributed by atoms with E-state index in [1.165, 1.54) is 18.4 Å². The fourth-order valence-electron chi connectivity index (χ4n) is 7.18. The third-order valence-electron chi connectivity index (χ3n) is 8.65. The SMILES string of the molecule is Oc1ccc2c3c1O[C@H]1c4oc5nccnc5c4C[C@@]4(O)C(C2)N(CC2CC2)CC[C@]314. The largest absolute Gasteiger partial charge is 0.504 e. The summed E-state index contributed by atoms with van der Waals surface area (Å²) in [4.78, 5) is 11.4. The number of rotatable bonds is 2. The van der Waals surface area contributed by atoms with Gasteiger partial charge in [-0.25, -0.2) is 9.97 Å². The molecule has 2 aliphatic heterocycles. The number of aromatic hydroxyl groups is 1. The van der Waals surface area contributed by atoms with Crippen LogP contribution in [0.1, 0.15) is 47.8 Å². The van der Waals surface area contributed by atoms with Crippen molar-refractivity contribution in [3.63, 3.8) is 0 Å². The molecule has 4 heterocycles. The minimum absolute atomic E-state index is 0.00529. The Hall–Kier alpha value is -2.64. The molecule has 3 aromatic rings. The maximum Gasteiger partial charge on any atom is 0.245 e. The van der Waals surface area contributed by atoms with Crippen molar-refractivity contribution >= 4 is 11.2 Å². The smallest absolute Gasteiger partial charge is 0.245 e. The van der Waals surface area contributed by atoms with Crippen LogP contribution in [0.2, 0.25) is 0 Å². The Bertz CT molecular complexity index is 1280. The molecule has 3 aliphatic carbocycles. The normalized spacial score (nSPS) is 35.0. The molecule has 1 saturated heterocycles. The lowest BCUT2D eigenvalue weighted by atomic mass is 9.49. The van der Waals surface area contributed by atoms with Crippen LogP contribution in [-0.4, -0.2) is 49.8 Å². The van der Waals surface area contributed by atoms with Crippen molar-refractivity contribution in [3.8, 4) is 11.5 Å². The van der Waals surface area contributed by atoms with Gasteiger partial charge in [0.05, 0.1) is 11.0 Å². The average Bonchev–Trinajstić information content (AvgIpc) is 3.40. The summed E-state index contributed by atoms with van der Waals surface area (Å²) in [5.41, 5.74) is 2.64. The summed E-state index contributed by atoms with van der Waals surface area (Å²) in [6.45, 7) is 1.97. The van der Waals surface area contributed by atoms with Crippen molar-refractivity contribution in [2.45, 2.75) is 55.3 Å². The molecule has 2 N–H and O–H groups in total.